The summed E-state index contributed by atoms with van der Waals surface area (Å²) in [4.78, 5) is 20.2. The number of aliphatic hydroxyl groups excluding tert-OH is 1. The van der Waals surface area contributed by atoms with Gasteiger partial charge in [0.1, 0.15) is 0 Å². The minimum atomic E-state index is -1.67. The first-order chi connectivity index (χ1) is 4.57. The number of hydrogen-bond donors (Lipinski definition) is 2. The van der Waals surface area contributed by atoms with Gasteiger partial charge in [0.15, 0.2) is 0 Å². The van der Waals surface area contributed by atoms with Gasteiger partial charge in [0.05, 0.1) is 0 Å². The van der Waals surface area contributed by atoms with E-state index >= 15 is 0 Å². The summed E-state index contributed by atoms with van der Waals surface area (Å²) in [7, 11) is 0. The molecule has 11 heavy (non-hydrogen) atoms. The predicted octanol–water partition coefficient (Wildman–Crippen LogP) is -1.82. The Balaban J connectivity index is 0. The Hall–Kier alpha value is 0.640. The van der Waals surface area contributed by atoms with E-state index in [2.05, 4.69) is 3.24 Å². The molecule has 7 heteroatoms. The third kappa shape index (κ3) is 7.02. The van der Waals surface area contributed by atoms with Crippen molar-refractivity contribution in [1.82, 2.24) is 0 Å². The van der Waals surface area contributed by atoms with Gasteiger partial charge in [-0.3, -0.25) is 0 Å². The summed E-state index contributed by atoms with van der Waals surface area (Å²) in [6, 6.07) is 0. The molecule has 0 aliphatic carbocycles. The van der Waals surface area contributed by atoms with Crippen molar-refractivity contribution in [3.05, 3.63) is 0 Å². The van der Waals surface area contributed by atoms with Crippen LogP contribution in [0.3, 0.4) is 0 Å². The van der Waals surface area contributed by atoms with E-state index in [-0.39, 0.29) is 29.6 Å². The Morgan fingerprint density at radius 2 is 2.00 bits per heavy atom. The Kier molecular flexibility index (Phi) is 9.41. The van der Waals surface area contributed by atoms with Gasteiger partial charge in [-0.1, -0.05) is 0 Å². The van der Waals surface area contributed by atoms with Crippen LogP contribution in [0.1, 0.15) is 6.42 Å². The molecule has 0 fully saturated rings. The quantitative estimate of drug-likeness (QED) is 0.584. The molecular weight excluding hydrogens is 348 g/mol. The normalized spacial score (nSPS) is 11.2. The molecule has 0 saturated heterocycles. The molecular formula is C4H6AuNaO5. The zero-order valence-electron chi connectivity index (χ0n) is 4.71. The van der Waals surface area contributed by atoms with E-state index in [1.807, 2.05) is 0 Å². The molecule has 0 radical (unpaired) electrons. The van der Waals surface area contributed by atoms with Gasteiger partial charge in [-0.15, -0.1) is 0 Å². The van der Waals surface area contributed by atoms with E-state index in [9.17, 15) is 9.59 Å². The van der Waals surface area contributed by atoms with Crippen LogP contribution < -0.4 is 0 Å². The fourth-order valence-corrected chi connectivity index (χ4v) is 0.451. The molecule has 0 rings (SSSR count). The number of aliphatic carboxylic acids is 1. The summed E-state index contributed by atoms with van der Waals surface area (Å²) in [6.45, 7) is 0. The van der Waals surface area contributed by atoms with Crippen molar-refractivity contribution in [2.75, 3.05) is 0 Å². The molecule has 1 atom stereocenters. The first-order valence-electron chi connectivity index (χ1n) is 2.27. The molecule has 0 amide bonds. The van der Waals surface area contributed by atoms with Crippen molar-refractivity contribution in [3.63, 3.8) is 0 Å². The van der Waals surface area contributed by atoms with E-state index in [0.717, 1.165) is 0 Å². The molecule has 0 bridgehead atoms. The van der Waals surface area contributed by atoms with Crippen molar-refractivity contribution < 1.29 is 44.5 Å². The SMILES string of the molecule is O=C(CC(O)C(=O)O)[O][Au].[NaH]. The second-order valence-electron chi connectivity index (χ2n) is 1.49. The van der Waals surface area contributed by atoms with Gasteiger partial charge >= 0.3 is 98.5 Å². The summed E-state index contributed by atoms with van der Waals surface area (Å²) in [5, 5.41) is 16.6. The monoisotopic (exact) mass is 354 g/mol. The van der Waals surface area contributed by atoms with Crippen LogP contribution in [-0.4, -0.2) is 57.8 Å². The number of carbonyl (C=O) groups excluding carboxylic acids is 1. The second-order valence-corrected chi connectivity index (χ2v) is 1.93. The van der Waals surface area contributed by atoms with E-state index in [1.54, 1.807) is 0 Å². The van der Waals surface area contributed by atoms with E-state index in [1.165, 1.54) is 21.5 Å². The molecule has 64 valence electrons. The number of aliphatic hydroxyl groups is 1. The van der Waals surface area contributed by atoms with E-state index in [0.29, 0.717) is 0 Å². The molecule has 0 aromatic rings. The molecule has 0 saturated carbocycles. The van der Waals surface area contributed by atoms with Crippen LogP contribution in [0.5, 0.6) is 0 Å². The Labute approximate surface area is 97.8 Å². The summed E-state index contributed by atoms with van der Waals surface area (Å²) in [6.07, 6.45) is -2.19. The summed E-state index contributed by atoms with van der Waals surface area (Å²) in [5.74, 6) is -2.20. The molecule has 5 nitrogen and oxygen atoms in total. The van der Waals surface area contributed by atoms with Gasteiger partial charge < -0.3 is 0 Å². The number of carboxylic acid groups (broad SMARTS) is 1. The Morgan fingerprint density at radius 3 is 2.27 bits per heavy atom. The zero-order chi connectivity index (χ0) is 8.15. The van der Waals surface area contributed by atoms with Gasteiger partial charge in [0.2, 0.25) is 0 Å². The predicted molar refractivity (Wildman–Crippen MR) is 31.5 cm³/mol. The van der Waals surface area contributed by atoms with Crippen molar-refractivity contribution in [2.45, 2.75) is 12.5 Å². The summed E-state index contributed by atoms with van der Waals surface area (Å²) in [5.41, 5.74) is 0. The summed E-state index contributed by atoms with van der Waals surface area (Å²) < 4.78 is 4.05. The molecule has 0 heterocycles. The number of hydrogen-bond acceptors (Lipinski definition) is 4. The fourth-order valence-electron chi connectivity index (χ4n) is 0.270. The maximum atomic E-state index is 10.3. The van der Waals surface area contributed by atoms with Crippen LogP contribution in [-0.2, 0) is 34.3 Å². The first-order valence-corrected chi connectivity index (χ1v) is 3.15. The minimum absolute atomic E-state index is 0. The fraction of sp³-hybridized carbons (Fsp3) is 0.500. The van der Waals surface area contributed by atoms with Gasteiger partial charge in [-0.25, -0.2) is 0 Å². The maximum absolute atomic E-state index is 10.3. The number of rotatable bonds is 3. The van der Waals surface area contributed by atoms with Crippen LogP contribution in [0.25, 0.3) is 0 Å². The van der Waals surface area contributed by atoms with Gasteiger partial charge in [0, 0.05) is 0 Å². The summed E-state index contributed by atoms with van der Waals surface area (Å²) >= 11 is 1.48. The van der Waals surface area contributed by atoms with Crippen molar-refractivity contribution in [2.24, 2.45) is 0 Å². The average Bonchev–Trinajstić information content (AvgIpc) is 1.87. The third-order valence-electron chi connectivity index (χ3n) is 0.714. The van der Waals surface area contributed by atoms with Crippen LogP contribution in [0.15, 0.2) is 0 Å². The van der Waals surface area contributed by atoms with E-state index in [4.69, 9.17) is 10.2 Å². The first kappa shape index (κ1) is 14.2. The standard InChI is InChI=1S/C4H6O5.Au.Na.H/c5-2(4(8)9)1-3(6)7;;;/h2,5H,1H2,(H,6,7)(H,8,9);;;/q;+1;;/p-1. The molecule has 1 unspecified atom stereocenters. The zero-order valence-corrected chi connectivity index (χ0v) is 6.87. The molecule has 0 spiro atoms. The Bertz CT molecular complexity index is 149. The number of carbonyl (C=O) groups is 2. The Morgan fingerprint density at radius 1 is 1.55 bits per heavy atom. The number of carboxylic acids is 1. The van der Waals surface area contributed by atoms with Crippen LogP contribution in [0.4, 0.5) is 0 Å². The van der Waals surface area contributed by atoms with Crippen molar-refractivity contribution in [3.8, 4) is 0 Å². The van der Waals surface area contributed by atoms with Crippen molar-refractivity contribution in [1.29, 1.82) is 0 Å². The molecule has 2 N–H and O–H groups in total. The van der Waals surface area contributed by atoms with Crippen molar-refractivity contribution >= 4 is 41.5 Å². The van der Waals surface area contributed by atoms with Crippen LogP contribution in [0, 0.1) is 0 Å². The van der Waals surface area contributed by atoms with Crippen LogP contribution >= 0.6 is 0 Å². The third-order valence-corrected chi connectivity index (χ3v) is 1.21. The topological polar surface area (TPSA) is 83.8 Å². The second kappa shape index (κ2) is 7.30. The van der Waals surface area contributed by atoms with Gasteiger partial charge in [-0.05, 0) is 0 Å². The molecule has 0 aromatic heterocycles. The molecule has 0 aliphatic heterocycles. The van der Waals surface area contributed by atoms with Gasteiger partial charge in [-0.2, -0.15) is 0 Å². The average molecular weight is 354 g/mol. The molecule has 0 aliphatic rings. The molecule has 0 aromatic carbocycles. The van der Waals surface area contributed by atoms with E-state index < -0.39 is 24.5 Å². The van der Waals surface area contributed by atoms with Crippen LogP contribution in [0.2, 0.25) is 0 Å². The van der Waals surface area contributed by atoms with Gasteiger partial charge in [0.25, 0.3) is 0 Å².